The second-order valence-corrected chi connectivity index (χ2v) is 6.43. The van der Waals surface area contributed by atoms with Gasteiger partial charge in [-0.05, 0) is 25.8 Å². The zero-order valence-electron chi connectivity index (χ0n) is 15.0. The average Bonchev–Trinajstić information content (AvgIpc) is 2.86. The lowest BCUT2D eigenvalue weighted by atomic mass is 10.2. The van der Waals surface area contributed by atoms with E-state index in [1.54, 1.807) is 13.1 Å². The van der Waals surface area contributed by atoms with Crippen molar-refractivity contribution in [3.63, 3.8) is 0 Å². The average molecular weight is 356 g/mol. The van der Waals surface area contributed by atoms with E-state index in [1.165, 1.54) is 0 Å². The second-order valence-electron chi connectivity index (χ2n) is 6.43. The molecule has 1 atom stereocenters. The standard InChI is InChI=1S/C16H23F3N6/c1-10(9-25-13(16(17,18)19)6-12(3)23-25)7-20-15-21-8-11(2)14(22-15)24(4)5/h6,8,10H,7,9H2,1-5H3,(H,20,21,22). The molecular formula is C16H23F3N6. The van der Waals surface area contributed by atoms with Crippen LogP contribution < -0.4 is 10.2 Å². The molecule has 138 valence electrons. The van der Waals surface area contributed by atoms with E-state index >= 15 is 0 Å². The highest BCUT2D eigenvalue weighted by Gasteiger charge is 2.35. The van der Waals surface area contributed by atoms with Crippen LogP contribution in [-0.2, 0) is 12.7 Å². The molecule has 2 aromatic rings. The van der Waals surface area contributed by atoms with Crippen molar-refractivity contribution >= 4 is 11.8 Å². The van der Waals surface area contributed by atoms with E-state index in [4.69, 9.17) is 0 Å². The normalized spacial score (nSPS) is 13.0. The molecule has 2 rings (SSSR count). The molecule has 1 unspecified atom stereocenters. The Bertz CT molecular complexity index is 723. The lowest BCUT2D eigenvalue weighted by Gasteiger charge is -2.18. The molecular weight excluding hydrogens is 333 g/mol. The van der Waals surface area contributed by atoms with Gasteiger partial charge in [0.05, 0.1) is 5.69 Å². The van der Waals surface area contributed by atoms with Crippen LogP contribution in [0.5, 0.6) is 0 Å². The second kappa shape index (κ2) is 7.28. The minimum Gasteiger partial charge on any atom is -0.362 e. The van der Waals surface area contributed by atoms with E-state index in [1.807, 2.05) is 32.8 Å². The van der Waals surface area contributed by atoms with Crippen molar-refractivity contribution in [3.05, 3.63) is 29.2 Å². The molecule has 6 nitrogen and oxygen atoms in total. The first-order valence-corrected chi connectivity index (χ1v) is 7.94. The molecule has 0 bridgehead atoms. The Hall–Kier alpha value is -2.32. The van der Waals surface area contributed by atoms with E-state index in [2.05, 4.69) is 20.4 Å². The summed E-state index contributed by atoms with van der Waals surface area (Å²) in [7, 11) is 3.78. The number of nitrogens with one attached hydrogen (secondary N) is 1. The molecule has 0 saturated heterocycles. The summed E-state index contributed by atoms with van der Waals surface area (Å²) in [6, 6.07) is 1.06. The van der Waals surface area contributed by atoms with Crippen molar-refractivity contribution in [2.45, 2.75) is 33.5 Å². The first-order chi connectivity index (χ1) is 11.6. The van der Waals surface area contributed by atoms with Gasteiger partial charge >= 0.3 is 6.18 Å². The number of hydrogen-bond donors (Lipinski definition) is 1. The Morgan fingerprint density at radius 3 is 2.56 bits per heavy atom. The van der Waals surface area contributed by atoms with Gasteiger partial charge < -0.3 is 10.2 Å². The van der Waals surface area contributed by atoms with E-state index in [0.29, 0.717) is 18.2 Å². The predicted molar refractivity (Wildman–Crippen MR) is 90.7 cm³/mol. The SMILES string of the molecule is Cc1cc(C(F)(F)F)n(CC(C)CNc2ncc(C)c(N(C)C)n2)n1. The van der Waals surface area contributed by atoms with Gasteiger partial charge in [0.25, 0.3) is 0 Å². The molecule has 2 aromatic heterocycles. The maximum atomic E-state index is 13.0. The van der Waals surface area contributed by atoms with Gasteiger partial charge in [0.15, 0.2) is 0 Å². The maximum Gasteiger partial charge on any atom is 0.433 e. The van der Waals surface area contributed by atoms with Gasteiger partial charge in [-0.2, -0.15) is 23.3 Å². The van der Waals surface area contributed by atoms with Crippen LogP contribution in [0.3, 0.4) is 0 Å². The van der Waals surface area contributed by atoms with E-state index in [-0.39, 0.29) is 12.5 Å². The fourth-order valence-electron chi connectivity index (χ4n) is 2.51. The summed E-state index contributed by atoms with van der Waals surface area (Å²) in [6.07, 6.45) is -2.69. The molecule has 0 aliphatic heterocycles. The monoisotopic (exact) mass is 356 g/mol. The van der Waals surface area contributed by atoms with Crippen molar-refractivity contribution in [2.24, 2.45) is 5.92 Å². The molecule has 9 heteroatoms. The predicted octanol–water partition coefficient (Wildman–Crippen LogP) is 3.12. The van der Waals surface area contributed by atoms with Crippen LogP contribution >= 0.6 is 0 Å². The molecule has 2 heterocycles. The molecule has 0 spiro atoms. The van der Waals surface area contributed by atoms with Crippen LogP contribution in [0, 0.1) is 19.8 Å². The summed E-state index contributed by atoms with van der Waals surface area (Å²) >= 11 is 0. The Labute approximate surface area is 145 Å². The lowest BCUT2D eigenvalue weighted by Crippen LogP contribution is -2.23. The van der Waals surface area contributed by atoms with Gasteiger partial charge in [-0.3, -0.25) is 4.68 Å². The summed E-state index contributed by atoms with van der Waals surface area (Å²) in [5.74, 6) is 1.16. The van der Waals surface area contributed by atoms with E-state index in [0.717, 1.165) is 22.1 Å². The summed E-state index contributed by atoms with van der Waals surface area (Å²) < 4.78 is 40.1. The molecule has 0 aliphatic carbocycles. The smallest absolute Gasteiger partial charge is 0.362 e. The largest absolute Gasteiger partial charge is 0.433 e. The molecule has 25 heavy (non-hydrogen) atoms. The van der Waals surface area contributed by atoms with Gasteiger partial charge in [-0.25, -0.2) is 4.98 Å². The van der Waals surface area contributed by atoms with Crippen molar-refractivity contribution in [3.8, 4) is 0 Å². The Morgan fingerprint density at radius 1 is 1.28 bits per heavy atom. The minimum atomic E-state index is -4.41. The number of nitrogens with zero attached hydrogens (tertiary/aromatic N) is 5. The molecule has 0 amide bonds. The van der Waals surface area contributed by atoms with Gasteiger partial charge in [-0.15, -0.1) is 0 Å². The number of alkyl halides is 3. The van der Waals surface area contributed by atoms with Crippen molar-refractivity contribution in [1.29, 1.82) is 0 Å². The third-order valence-electron chi connectivity index (χ3n) is 3.65. The number of rotatable bonds is 6. The van der Waals surface area contributed by atoms with E-state index in [9.17, 15) is 13.2 Å². The fraction of sp³-hybridized carbons (Fsp3) is 0.562. The van der Waals surface area contributed by atoms with Crippen LogP contribution in [0.2, 0.25) is 0 Å². The molecule has 0 saturated carbocycles. The first-order valence-electron chi connectivity index (χ1n) is 7.94. The van der Waals surface area contributed by atoms with Crippen molar-refractivity contribution in [2.75, 3.05) is 30.9 Å². The van der Waals surface area contributed by atoms with Crippen LogP contribution in [0.1, 0.15) is 23.9 Å². The fourth-order valence-corrected chi connectivity index (χ4v) is 2.51. The molecule has 0 radical (unpaired) electrons. The lowest BCUT2D eigenvalue weighted by molar-refractivity contribution is -0.144. The van der Waals surface area contributed by atoms with E-state index < -0.39 is 11.9 Å². The summed E-state index contributed by atoms with van der Waals surface area (Å²) in [4.78, 5) is 10.5. The highest BCUT2D eigenvalue weighted by Crippen LogP contribution is 2.30. The van der Waals surface area contributed by atoms with Gasteiger partial charge in [0, 0.05) is 38.9 Å². The topological polar surface area (TPSA) is 58.9 Å². The zero-order chi connectivity index (χ0) is 18.8. The summed E-state index contributed by atoms with van der Waals surface area (Å²) in [5.41, 5.74) is 0.578. The first kappa shape index (κ1) is 19.0. The number of anilines is 2. The highest BCUT2D eigenvalue weighted by molar-refractivity contribution is 5.47. The van der Waals surface area contributed by atoms with Gasteiger partial charge in [-0.1, -0.05) is 6.92 Å². The Balaban J connectivity index is 2.02. The van der Waals surface area contributed by atoms with Crippen LogP contribution in [0.25, 0.3) is 0 Å². The molecule has 0 fully saturated rings. The quantitative estimate of drug-likeness (QED) is 0.862. The third-order valence-corrected chi connectivity index (χ3v) is 3.65. The zero-order valence-corrected chi connectivity index (χ0v) is 15.0. The highest BCUT2D eigenvalue weighted by atomic mass is 19.4. The maximum absolute atomic E-state index is 13.0. The van der Waals surface area contributed by atoms with Gasteiger partial charge in [0.2, 0.25) is 5.95 Å². The molecule has 0 aliphatic rings. The Morgan fingerprint density at radius 2 is 1.96 bits per heavy atom. The summed E-state index contributed by atoms with van der Waals surface area (Å²) in [5, 5.41) is 7.03. The minimum absolute atomic E-state index is 0.0897. The van der Waals surface area contributed by atoms with Crippen LogP contribution in [0.4, 0.5) is 24.9 Å². The third kappa shape index (κ3) is 4.83. The van der Waals surface area contributed by atoms with Crippen molar-refractivity contribution < 1.29 is 13.2 Å². The number of aryl methyl sites for hydroxylation is 2. The molecule has 1 N–H and O–H groups in total. The molecule has 0 aromatic carbocycles. The van der Waals surface area contributed by atoms with Crippen LogP contribution in [0.15, 0.2) is 12.3 Å². The number of hydrogen-bond acceptors (Lipinski definition) is 5. The van der Waals surface area contributed by atoms with Crippen LogP contribution in [-0.4, -0.2) is 40.4 Å². The number of halogens is 3. The van der Waals surface area contributed by atoms with Gasteiger partial charge in [0.1, 0.15) is 11.5 Å². The number of aromatic nitrogens is 4. The summed E-state index contributed by atoms with van der Waals surface area (Å²) in [6.45, 7) is 5.91. The van der Waals surface area contributed by atoms with Crippen molar-refractivity contribution in [1.82, 2.24) is 19.7 Å². The Kier molecular flexibility index (Phi) is 5.54.